The van der Waals surface area contributed by atoms with Gasteiger partial charge >= 0.3 is 13.6 Å². The Morgan fingerprint density at radius 3 is 2.35 bits per heavy atom. The molecule has 6 heteroatoms. The maximum absolute atomic E-state index is 11.7. The number of hydrogen-bond donors (Lipinski definition) is 0. The zero-order chi connectivity index (χ0) is 13.3. The van der Waals surface area contributed by atoms with E-state index in [1.807, 2.05) is 0 Å². The van der Waals surface area contributed by atoms with Crippen molar-refractivity contribution < 1.29 is 23.1 Å². The molecule has 0 bridgehead atoms. The van der Waals surface area contributed by atoms with E-state index in [1.165, 1.54) is 20.3 Å². The molecule has 0 aromatic carbocycles. The molecule has 0 N–H and O–H groups in total. The highest BCUT2D eigenvalue weighted by atomic mass is 31.2. The Kier molecular flexibility index (Phi) is 7.79. The molecule has 0 saturated carbocycles. The van der Waals surface area contributed by atoms with Crippen LogP contribution in [0.15, 0.2) is 23.8 Å². The first kappa shape index (κ1) is 16.1. The lowest BCUT2D eigenvalue weighted by atomic mass is 10.2. The number of ether oxygens (including phenoxy) is 1. The molecular weight excluding hydrogens is 243 g/mol. The normalized spacial score (nSPS) is 13.1. The van der Waals surface area contributed by atoms with E-state index in [2.05, 4.69) is 0 Å². The molecule has 0 aliphatic rings. The number of carbonyl (C=O) groups is 1. The molecule has 0 rings (SSSR count). The summed E-state index contributed by atoms with van der Waals surface area (Å²) in [6.45, 7) is 3.83. The van der Waals surface area contributed by atoms with Crippen molar-refractivity contribution >= 4 is 13.6 Å². The summed E-state index contributed by atoms with van der Waals surface area (Å²) in [6, 6.07) is 0. The van der Waals surface area contributed by atoms with Gasteiger partial charge in [0, 0.05) is 20.3 Å². The van der Waals surface area contributed by atoms with E-state index in [0.717, 1.165) is 0 Å². The van der Waals surface area contributed by atoms with Crippen LogP contribution < -0.4 is 0 Å². The zero-order valence-corrected chi connectivity index (χ0v) is 11.5. The van der Waals surface area contributed by atoms with Crippen molar-refractivity contribution in [2.24, 2.45) is 0 Å². The first-order valence-corrected chi connectivity index (χ1v) is 6.92. The van der Waals surface area contributed by atoms with Crippen LogP contribution in [0.1, 0.15) is 13.8 Å². The van der Waals surface area contributed by atoms with Crippen molar-refractivity contribution in [3.05, 3.63) is 23.8 Å². The highest BCUT2D eigenvalue weighted by Gasteiger charge is 2.17. The molecule has 0 heterocycles. The molecular formula is C11H19O5P. The van der Waals surface area contributed by atoms with Crippen LogP contribution in [0.4, 0.5) is 0 Å². The average molecular weight is 262 g/mol. The van der Waals surface area contributed by atoms with E-state index in [4.69, 9.17) is 13.8 Å². The van der Waals surface area contributed by atoms with Crippen LogP contribution in [0.3, 0.4) is 0 Å². The molecule has 0 atom stereocenters. The second-order valence-electron chi connectivity index (χ2n) is 3.20. The quantitative estimate of drug-likeness (QED) is 0.305. The fourth-order valence-electron chi connectivity index (χ4n) is 1.01. The summed E-state index contributed by atoms with van der Waals surface area (Å²) in [6.07, 6.45) is 4.83. The fourth-order valence-corrected chi connectivity index (χ4v) is 1.82. The van der Waals surface area contributed by atoms with Gasteiger partial charge in [0.25, 0.3) is 0 Å². The largest absolute Gasteiger partial charge is 0.463 e. The maximum atomic E-state index is 11.7. The molecule has 98 valence electrons. The van der Waals surface area contributed by atoms with Crippen LogP contribution in [0.25, 0.3) is 0 Å². The Morgan fingerprint density at radius 2 is 1.88 bits per heavy atom. The summed E-state index contributed by atoms with van der Waals surface area (Å²) in [5.74, 6) is -0.392. The first-order valence-electron chi connectivity index (χ1n) is 5.19. The third kappa shape index (κ3) is 7.10. The highest BCUT2D eigenvalue weighted by molar-refractivity contribution is 7.54. The first-order chi connectivity index (χ1) is 7.97. The van der Waals surface area contributed by atoms with Gasteiger partial charge in [-0.25, -0.2) is 4.79 Å². The lowest BCUT2D eigenvalue weighted by Gasteiger charge is -2.10. The Morgan fingerprint density at radius 1 is 1.29 bits per heavy atom. The Bertz CT molecular complexity index is 338. The molecule has 5 nitrogen and oxygen atoms in total. The van der Waals surface area contributed by atoms with Gasteiger partial charge in [-0.3, -0.25) is 4.57 Å². The van der Waals surface area contributed by atoms with Gasteiger partial charge in [-0.15, -0.1) is 0 Å². The van der Waals surface area contributed by atoms with Gasteiger partial charge in [0.1, 0.15) is 0 Å². The van der Waals surface area contributed by atoms with Crippen LogP contribution in [-0.2, 0) is 23.1 Å². The van der Waals surface area contributed by atoms with Gasteiger partial charge in [0.05, 0.1) is 12.8 Å². The van der Waals surface area contributed by atoms with Crippen molar-refractivity contribution in [2.75, 3.05) is 27.0 Å². The van der Waals surface area contributed by atoms with Crippen molar-refractivity contribution in [1.82, 2.24) is 0 Å². The third-order valence-electron chi connectivity index (χ3n) is 1.90. The predicted molar refractivity (Wildman–Crippen MR) is 66.0 cm³/mol. The molecule has 0 saturated heterocycles. The molecule has 0 aromatic rings. The van der Waals surface area contributed by atoms with E-state index in [9.17, 15) is 9.36 Å². The van der Waals surface area contributed by atoms with Gasteiger partial charge in [-0.05, 0) is 19.4 Å². The van der Waals surface area contributed by atoms with Gasteiger partial charge in [-0.2, -0.15) is 0 Å². The monoisotopic (exact) mass is 262 g/mol. The van der Waals surface area contributed by atoms with Crippen LogP contribution in [-0.4, -0.2) is 33.0 Å². The van der Waals surface area contributed by atoms with Gasteiger partial charge in [-0.1, -0.05) is 12.2 Å². The van der Waals surface area contributed by atoms with Crippen LogP contribution in [0.2, 0.25) is 0 Å². The van der Waals surface area contributed by atoms with Crippen LogP contribution >= 0.6 is 7.60 Å². The minimum absolute atomic E-state index is 0.161. The maximum Gasteiger partial charge on any atom is 0.333 e. The number of carbonyl (C=O) groups excluding carboxylic acids is 1. The summed E-state index contributed by atoms with van der Waals surface area (Å²) >= 11 is 0. The summed E-state index contributed by atoms with van der Waals surface area (Å²) < 4.78 is 25.9. The summed E-state index contributed by atoms with van der Waals surface area (Å²) in [5.41, 5.74) is 0.710. The number of hydrogen-bond acceptors (Lipinski definition) is 5. The number of rotatable bonds is 7. The lowest BCUT2D eigenvalue weighted by Crippen LogP contribution is -1.99. The Labute approximate surface area is 102 Å². The minimum atomic E-state index is -3.01. The van der Waals surface area contributed by atoms with Crippen molar-refractivity contribution in [1.29, 1.82) is 0 Å². The molecule has 17 heavy (non-hydrogen) atoms. The van der Waals surface area contributed by atoms with E-state index in [1.54, 1.807) is 26.0 Å². The van der Waals surface area contributed by atoms with E-state index in [0.29, 0.717) is 12.2 Å². The molecule has 0 radical (unpaired) electrons. The minimum Gasteiger partial charge on any atom is -0.463 e. The van der Waals surface area contributed by atoms with Crippen LogP contribution in [0, 0.1) is 0 Å². The van der Waals surface area contributed by atoms with E-state index < -0.39 is 13.6 Å². The third-order valence-corrected chi connectivity index (χ3v) is 3.67. The predicted octanol–water partition coefficient (Wildman–Crippen LogP) is 2.54. The topological polar surface area (TPSA) is 61.8 Å². The van der Waals surface area contributed by atoms with E-state index >= 15 is 0 Å². The molecule has 0 unspecified atom stereocenters. The van der Waals surface area contributed by atoms with E-state index in [-0.39, 0.29) is 6.16 Å². The Hall–Kier alpha value is -0.900. The standard InChI is InChI=1S/C11H19O5P/c1-5-16-11(12)9-10(2)7-6-8-17(13,14-3)15-4/h6-7,9H,5,8H2,1-4H3/b7-6+,10-9+. The smallest absolute Gasteiger partial charge is 0.333 e. The second kappa shape index (κ2) is 8.23. The lowest BCUT2D eigenvalue weighted by molar-refractivity contribution is -0.137. The summed E-state index contributed by atoms with van der Waals surface area (Å²) in [5, 5.41) is 0. The van der Waals surface area contributed by atoms with Crippen LogP contribution in [0.5, 0.6) is 0 Å². The average Bonchev–Trinajstić information content (AvgIpc) is 2.29. The zero-order valence-electron chi connectivity index (χ0n) is 10.6. The molecule has 0 aliphatic carbocycles. The van der Waals surface area contributed by atoms with Gasteiger partial charge in [0.2, 0.25) is 0 Å². The number of esters is 1. The van der Waals surface area contributed by atoms with Gasteiger partial charge < -0.3 is 13.8 Å². The fraction of sp³-hybridized carbons (Fsp3) is 0.545. The van der Waals surface area contributed by atoms with Crippen molar-refractivity contribution in [3.63, 3.8) is 0 Å². The summed E-state index contributed by atoms with van der Waals surface area (Å²) in [7, 11) is -0.349. The van der Waals surface area contributed by atoms with Crippen molar-refractivity contribution in [3.8, 4) is 0 Å². The molecule has 0 aromatic heterocycles. The number of allylic oxidation sites excluding steroid dienone is 3. The van der Waals surface area contributed by atoms with Gasteiger partial charge in [0.15, 0.2) is 0 Å². The molecule has 0 amide bonds. The summed E-state index contributed by atoms with van der Waals surface area (Å²) in [4.78, 5) is 11.1. The molecule has 0 aliphatic heterocycles. The molecule has 0 spiro atoms. The SMILES string of the molecule is CCOC(=O)/C=C(C)/C=C/CP(=O)(OC)OC. The Balaban J connectivity index is 4.34. The highest BCUT2D eigenvalue weighted by Crippen LogP contribution is 2.46. The second-order valence-corrected chi connectivity index (χ2v) is 5.52. The molecule has 0 fully saturated rings. The van der Waals surface area contributed by atoms with Crippen molar-refractivity contribution in [2.45, 2.75) is 13.8 Å².